The van der Waals surface area contributed by atoms with Crippen LogP contribution in [-0.2, 0) is 13.0 Å². The molecule has 0 spiro atoms. The number of pyridine rings is 1. The largest absolute Gasteiger partial charge is 0.506 e. The standard InChI is InChI=1S/C29H34FN3O5/c1-4-5-11-21-24(25-22(37-2)12-8-13-23(25)38-3)27(34)26(28(35)31-21)29(36)33-16-14-32(15-17-33)18-19-9-6-7-10-20(19)30/h6-10,12-13H,4-5,11,14-18H2,1-3H3,(H2,31,34,35). The molecule has 1 saturated heterocycles. The number of carbonyl (C=O) groups excluding carboxylic acids is 1. The lowest BCUT2D eigenvalue weighted by molar-refractivity contribution is 0.0620. The molecule has 2 heterocycles. The molecule has 1 amide bonds. The number of piperazine rings is 1. The Morgan fingerprint density at radius 3 is 2.24 bits per heavy atom. The van der Waals surface area contributed by atoms with Gasteiger partial charge in [0.25, 0.3) is 5.91 Å². The minimum Gasteiger partial charge on any atom is -0.506 e. The summed E-state index contributed by atoms with van der Waals surface area (Å²) in [7, 11) is 3.03. The number of rotatable bonds is 9. The summed E-state index contributed by atoms with van der Waals surface area (Å²) in [5.41, 5.74) is 1.58. The molecular weight excluding hydrogens is 489 g/mol. The summed E-state index contributed by atoms with van der Waals surface area (Å²) in [6, 6.07) is 11.9. The van der Waals surface area contributed by atoms with Crippen LogP contribution in [0, 0.1) is 5.82 Å². The van der Waals surface area contributed by atoms with Gasteiger partial charge in [-0.05, 0) is 31.0 Å². The number of unbranched alkanes of at least 4 members (excludes halogenated alkanes) is 1. The van der Waals surface area contributed by atoms with Gasteiger partial charge in [-0.15, -0.1) is 0 Å². The fraction of sp³-hybridized carbons (Fsp3) is 0.379. The molecule has 1 fully saturated rings. The van der Waals surface area contributed by atoms with Crippen molar-refractivity contribution < 1.29 is 28.9 Å². The van der Waals surface area contributed by atoms with Crippen LogP contribution in [-0.4, -0.2) is 71.3 Å². The highest BCUT2D eigenvalue weighted by Gasteiger charge is 2.32. The average Bonchev–Trinajstić information content (AvgIpc) is 2.93. The van der Waals surface area contributed by atoms with E-state index < -0.39 is 11.8 Å². The Kier molecular flexibility index (Phi) is 8.68. The predicted molar refractivity (Wildman–Crippen MR) is 142 cm³/mol. The molecule has 1 aromatic heterocycles. The molecule has 0 saturated carbocycles. The van der Waals surface area contributed by atoms with Gasteiger partial charge >= 0.3 is 0 Å². The number of carbonyl (C=O) groups is 1. The molecule has 2 N–H and O–H groups in total. The van der Waals surface area contributed by atoms with E-state index in [-0.39, 0.29) is 17.1 Å². The fourth-order valence-electron chi connectivity index (χ4n) is 4.82. The van der Waals surface area contributed by atoms with Gasteiger partial charge in [-0.1, -0.05) is 37.6 Å². The zero-order valence-electron chi connectivity index (χ0n) is 22.0. The van der Waals surface area contributed by atoms with Crippen molar-refractivity contribution in [3.63, 3.8) is 0 Å². The highest BCUT2D eigenvalue weighted by Crippen LogP contribution is 2.47. The third-order valence-electron chi connectivity index (χ3n) is 6.90. The van der Waals surface area contributed by atoms with E-state index in [4.69, 9.17) is 9.47 Å². The van der Waals surface area contributed by atoms with Crippen molar-refractivity contribution in [2.45, 2.75) is 32.7 Å². The van der Waals surface area contributed by atoms with Crippen LogP contribution in [0.2, 0.25) is 0 Å². The van der Waals surface area contributed by atoms with Crippen LogP contribution in [0.15, 0.2) is 42.5 Å². The fourth-order valence-corrected chi connectivity index (χ4v) is 4.82. The molecule has 8 nitrogen and oxygen atoms in total. The lowest BCUT2D eigenvalue weighted by Crippen LogP contribution is -2.48. The van der Waals surface area contributed by atoms with Crippen molar-refractivity contribution in [1.29, 1.82) is 0 Å². The van der Waals surface area contributed by atoms with Crippen molar-refractivity contribution in [2.24, 2.45) is 0 Å². The first-order chi connectivity index (χ1) is 18.4. The number of aromatic nitrogens is 1. The van der Waals surface area contributed by atoms with E-state index in [0.717, 1.165) is 12.8 Å². The van der Waals surface area contributed by atoms with Crippen molar-refractivity contribution in [3.05, 3.63) is 65.1 Å². The van der Waals surface area contributed by atoms with Crippen LogP contribution >= 0.6 is 0 Å². The maximum absolute atomic E-state index is 14.1. The van der Waals surface area contributed by atoms with E-state index in [1.165, 1.54) is 20.3 Å². The van der Waals surface area contributed by atoms with E-state index in [1.54, 1.807) is 41.3 Å². The van der Waals surface area contributed by atoms with Crippen LogP contribution in [0.25, 0.3) is 11.1 Å². The van der Waals surface area contributed by atoms with Crippen LogP contribution in [0.5, 0.6) is 23.1 Å². The summed E-state index contributed by atoms with van der Waals surface area (Å²) >= 11 is 0. The SMILES string of the molecule is CCCCc1nc(O)c(C(=O)N2CCN(Cc3ccccc3F)CC2)c(O)c1-c1c(OC)cccc1OC. The molecule has 2 aromatic carbocycles. The summed E-state index contributed by atoms with van der Waals surface area (Å²) < 4.78 is 25.2. The third-order valence-corrected chi connectivity index (χ3v) is 6.90. The number of amides is 1. The van der Waals surface area contributed by atoms with Crippen LogP contribution in [0.4, 0.5) is 4.39 Å². The summed E-state index contributed by atoms with van der Waals surface area (Å²) in [5, 5.41) is 22.4. The molecule has 4 rings (SSSR count). The molecule has 38 heavy (non-hydrogen) atoms. The molecule has 0 radical (unpaired) electrons. The van der Waals surface area contributed by atoms with E-state index in [1.807, 2.05) is 6.92 Å². The second-order valence-corrected chi connectivity index (χ2v) is 9.28. The first kappa shape index (κ1) is 27.2. The quantitative estimate of drug-likeness (QED) is 0.423. The second kappa shape index (κ2) is 12.1. The number of hydrogen-bond acceptors (Lipinski definition) is 7. The summed E-state index contributed by atoms with van der Waals surface area (Å²) in [4.78, 5) is 21.6. The van der Waals surface area contributed by atoms with Gasteiger partial charge in [0.15, 0.2) is 0 Å². The maximum atomic E-state index is 14.1. The zero-order chi connectivity index (χ0) is 27.2. The highest BCUT2D eigenvalue weighted by atomic mass is 19.1. The normalized spacial score (nSPS) is 13.9. The molecule has 0 atom stereocenters. The Morgan fingerprint density at radius 2 is 1.63 bits per heavy atom. The Hall–Kier alpha value is -3.85. The molecule has 0 bridgehead atoms. The van der Waals surface area contributed by atoms with Gasteiger partial charge < -0.3 is 24.6 Å². The number of halogens is 1. The van der Waals surface area contributed by atoms with Gasteiger partial charge in [0, 0.05) is 38.3 Å². The van der Waals surface area contributed by atoms with Crippen LogP contribution < -0.4 is 9.47 Å². The van der Waals surface area contributed by atoms with Gasteiger partial charge in [0.2, 0.25) is 5.88 Å². The van der Waals surface area contributed by atoms with Crippen molar-refractivity contribution in [3.8, 4) is 34.3 Å². The van der Waals surface area contributed by atoms with Gasteiger partial charge in [-0.3, -0.25) is 9.69 Å². The van der Waals surface area contributed by atoms with E-state index >= 15 is 0 Å². The Labute approximate surface area is 222 Å². The van der Waals surface area contributed by atoms with Crippen molar-refractivity contribution in [2.75, 3.05) is 40.4 Å². The number of nitrogens with zero attached hydrogens (tertiary/aromatic N) is 3. The number of ether oxygens (including phenoxy) is 2. The smallest absolute Gasteiger partial charge is 0.263 e. The van der Waals surface area contributed by atoms with Crippen LogP contribution in [0.1, 0.15) is 41.4 Å². The third kappa shape index (κ3) is 5.52. The van der Waals surface area contributed by atoms with Crippen LogP contribution in [0.3, 0.4) is 0 Å². The highest BCUT2D eigenvalue weighted by molar-refractivity contribution is 6.02. The van der Waals surface area contributed by atoms with Crippen molar-refractivity contribution >= 4 is 5.91 Å². The lowest BCUT2D eigenvalue weighted by Gasteiger charge is -2.35. The maximum Gasteiger partial charge on any atom is 0.263 e. The van der Waals surface area contributed by atoms with E-state index in [0.29, 0.717) is 73.0 Å². The van der Waals surface area contributed by atoms with Gasteiger partial charge in [0.05, 0.1) is 31.0 Å². The average molecular weight is 524 g/mol. The molecule has 0 aliphatic carbocycles. The Bertz CT molecular complexity index is 1270. The number of methoxy groups -OCH3 is 2. The van der Waals surface area contributed by atoms with Gasteiger partial charge in [-0.2, -0.15) is 0 Å². The molecular formula is C29H34FN3O5. The minimum atomic E-state index is -0.518. The molecule has 9 heteroatoms. The Balaban J connectivity index is 1.66. The first-order valence-electron chi connectivity index (χ1n) is 12.8. The minimum absolute atomic E-state index is 0.254. The van der Waals surface area contributed by atoms with Crippen molar-refractivity contribution in [1.82, 2.24) is 14.8 Å². The molecule has 0 unspecified atom stereocenters. The topological polar surface area (TPSA) is 95.4 Å². The molecule has 1 aliphatic rings. The monoisotopic (exact) mass is 523 g/mol. The van der Waals surface area contributed by atoms with Gasteiger partial charge in [-0.25, -0.2) is 9.37 Å². The lowest BCUT2D eigenvalue weighted by atomic mass is 9.95. The second-order valence-electron chi connectivity index (χ2n) is 9.28. The summed E-state index contributed by atoms with van der Waals surface area (Å²) in [6.45, 7) is 4.24. The molecule has 202 valence electrons. The number of aromatic hydroxyl groups is 2. The molecule has 1 aliphatic heterocycles. The summed E-state index contributed by atoms with van der Waals surface area (Å²) in [6.07, 6.45) is 2.13. The predicted octanol–water partition coefficient (Wildman–Crippen LogP) is 4.62. The number of aryl methyl sites for hydroxylation is 1. The first-order valence-corrected chi connectivity index (χ1v) is 12.8. The Morgan fingerprint density at radius 1 is 0.974 bits per heavy atom. The van der Waals surface area contributed by atoms with Gasteiger partial charge in [0.1, 0.15) is 28.6 Å². The molecule has 3 aromatic rings. The number of benzene rings is 2. The summed E-state index contributed by atoms with van der Waals surface area (Å²) in [5.74, 6) is -0.741. The van der Waals surface area contributed by atoms with E-state index in [2.05, 4.69) is 9.88 Å². The van der Waals surface area contributed by atoms with E-state index in [9.17, 15) is 19.4 Å². The zero-order valence-corrected chi connectivity index (χ0v) is 22.0. The number of hydrogen-bond donors (Lipinski definition) is 2.